The summed E-state index contributed by atoms with van der Waals surface area (Å²) in [6, 6.07) is 4.89. The number of pyridine rings is 1. The Balaban J connectivity index is 2.80. The van der Waals surface area contributed by atoms with E-state index in [2.05, 4.69) is 5.32 Å². The van der Waals surface area contributed by atoms with E-state index in [-0.39, 0.29) is 24.1 Å². The highest BCUT2D eigenvalue weighted by Crippen LogP contribution is 1.92. The van der Waals surface area contributed by atoms with Crippen LogP contribution in [0.25, 0.3) is 0 Å². The topological polar surface area (TPSA) is 74.9 Å². The second-order valence-electron chi connectivity index (χ2n) is 3.84. The Hall–Kier alpha value is -2.09. The lowest BCUT2D eigenvalue weighted by Gasteiger charge is -2.12. The number of carbonyl (C=O) groups is 1. The van der Waals surface area contributed by atoms with E-state index in [0.29, 0.717) is 0 Å². The molecular formula is C12H15N3O2. The molecule has 0 bridgehead atoms. The van der Waals surface area contributed by atoms with Gasteiger partial charge in [0.15, 0.2) is 0 Å². The number of carbonyl (C=O) groups excluding carboxylic acids is 1. The minimum Gasteiger partial charge on any atom is -0.352 e. The predicted octanol–water partition coefficient (Wildman–Crippen LogP) is 0.635. The zero-order valence-corrected chi connectivity index (χ0v) is 9.93. The van der Waals surface area contributed by atoms with Gasteiger partial charge in [0.1, 0.15) is 18.2 Å². The van der Waals surface area contributed by atoms with E-state index in [4.69, 9.17) is 5.26 Å². The fourth-order valence-corrected chi connectivity index (χ4v) is 1.32. The van der Waals surface area contributed by atoms with Crippen molar-refractivity contribution in [3.63, 3.8) is 0 Å². The smallest absolute Gasteiger partial charge is 0.268 e. The molecule has 0 aromatic carbocycles. The van der Waals surface area contributed by atoms with Crippen LogP contribution in [0.1, 0.15) is 25.8 Å². The molecule has 1 aromatic rings. The van der Waals surface area contributed by atoms with Gasteiger partial charge in [-0.2, -0.15) is 5.26 Å². The molecule has 1 rings (SSSR count). The second-order valence-corrected chi connectivity index (χ2v) is 3.84. The molecule has 1 aromatic heterocycles. The Morgan fingerprint density at radius 1 is 1.65 bits per heavy atom. The van der Waals surface area contributed by atoms with Crippen LogP contribution in [0.2, 0.25) is 0 Å². The number of hydrogen-bond acceptors (Lipinski definition) is 3. The molecule has 0 aliphatic rings. The Bertz CT molecular complexity index is 499. The van der Waals surface area contributed by atoms with Gasteiger partial charge in [-0.25, -0.2) is 0 Å². The molecule has 0 saturated heterocycles. The second kappa shape index (κ2) is 5.85. The van der Waals surface area contributed by atoms with Crippen LogP contribution in [0.3, 0.4) is 0 Å². The van der Waals surface area contributed by atoms with Gasteiger partial charge in [0.25, 0.3) is 5.56 Å². The molecule has 0 aliphatic carbocycles. The number of rotatable bonds is 4. The Morgan fingerprint density at radius 3 is 2.94 bits per heavy atom. The maximum absolute atomic E-state index is 11.7. The van der Waals surface area contributed by atoms with Crippen molar-refractivity contribution in [1.82, 2.24) is 9.88 Å². The Kier molecular flexibility index (Phi) is 4.46. The standard InChI is InChI=1S/C12H15N3O2/c1-3-9(2)14-11(16)8-15-6-4-5-10(7-13)12(15)17/h4-6,9H,3,8H2,1-2H3,(H,14,16). The molecule has 1 heterocycles. The van der Waals surface area contributed by atoms with Crippen molar-refractivity contribution < 1.29 is 4.79 Å². The van der Waals surface area contributed by atoms with Gasteiger partial charge < -0.3 is 9.88 Å². The minimum atomic E-state index is -0.436. The monoisotopic (exact) mass is 233 g/mol. The molecule has 90 valence electrons. The molecule has 17 heavy (non-hydrogen) atoms. The molecule has 1 N–H and O–H groups in total. The highest BCUT2D eigenvalue weighted by Gasteiger charge is 2.08. The van der Waals surface area contributed by atoms with Crippen LogP contribution in [-0.4, -0.2) is 16.5 Å². The molecule has 1 amide bonds. The molecule has 0 spiro atoms. The third-order valence-electron chi connectivity index (χ3n) is 2.47. The average Bonchev–Trinajstić information content (AvgIpc) is 2.31. The van der Waals surface area contributed by atoms with E-state index < -0.39 is 5.56 Å². The van der Waals surface area contributed by atoms with Gasteiger partial charge in [-0.3, -0.25) is 9.59 Å². The van der Waals surface area contributed by atoms with Crippen molar-refractivity contribution in [3.8, 4) is 6.07 Å². The number of hydrogen-bond donors (Lipinski definition) is 1. The average molecular weight is 233 g/mol. The predicted molar refractivity (Wildman–Crippen MR) is 63.3 cm³/mol. The molecule has 1 unspecified atom stereocenters. The van der Waals surface area contributed by atoms with Crippen molar-refractivity contribution in [3.05, 3.63) is 34.2 Å². The van der Waals surface area contributed by atoms with Gasteiger partial charge >= 0.3 is 0 Å². The molecule has 5 heteroatoms. The van der Waals surface area contributed by atoms with Crippen LogP contribution in [0, 0.1) is 11.3 Å². The maximum atomic E-state index is 11.7. The zero-order valence-electron chi connectivity index (χ0n) is 9.93. The maximum Gasteiger partial charge on any atom is 0.268 e. The van der Waals surface area contributed by atoms with Gasteiger partial charge in [-0.15, -0.1) is 0 Å². The Morgan fingerprint density at radius 2 is 2.35 bits per heavy atom. The summed E-state index contributed by atoms with van der Waals surface area (Å²) in [7, 11) is 0. The van der Waals surface area contributed by atoms with Gasteiger partial charge in [-0.1, -0.05) is 6.92 Å². The third kappa shape index (κ3) is 3.45. The molecule has 0 fully saturated rings. The highest BCUT2D eigenvalue weighted by molar-refractivity contribution is 5.76. The van der Waals surface area contributed by atoms with E-state index in [0.717, 1.165) is 6.42 Å². The van der Waals surface area contributed by atoms with Gasteiger partial charge in [0.05, 0.1) is 0 Å². The van der Waals surface area contributed by atoms with Gasteiger partial charge in [-0.05, 0) is 25.5 Å². The number of amides is 1. The van der Waals surface area contributed by atoms with Crippen molar-refractivity contribution in [1.29, 1.82) is 5.26 Å². The fourth-order valence-electron chi connectivity index (χ4n) is 1.32. The lowest BCUT2D eigenvalue weighted by atomic mass is 10.2. The zero-order chi connectivity index (χ0) is 12.8. The summed E-state index contributed by atoms with van der Waals surface area (Å²) in [4.78, 5) is 23.2. The summed E-state index contributed by atoms with van der Waals surface area (Å²) in [6.07, 6.45) is 2.33. The lowest BCUT2D eigenvalue weighted by Crippen LogP contribution is -2.37. The minimum absolute atomic E-state index is 0.0452. The summed E-state index contributed by atoms with van der Waals surface area (Å²) in [5, 5.41) is 11.5. The summed E-state index contributed by atoms with van der Waals surface area (Å²) >= 11 is 0. The van der Waals surface area contributed by atoms with E-state index in [9.17, 15) is 9.59 Å². The first-order chi connectivity index (χ1) is 8.08. The van der Waals surface area contributed by atoms with Crippen molar-refractivity contribution in [2.45, 2.75) is 32.9 Å². The third-order valence-corrected chi connectivity index (χ3v) is 2.47. The van der Waals surface area contributed by atoms with Crippen molar-refractivity contribution in [2.24, 2.45) is 0 Å². The number of nitriles is 1. The first-order valence-corrected chi connectivity index (χ1v) is 5.47. The van der Waals surface area contributed by atoms with Crippen LogP contribution in [0.5, 0.6) is 0 Å². The van der Waals surface area contributed by atoms with Crippen LogP contribution < -0.4 is 10.9 Å². The van der Waals surface area contributed by atoms with Crippen LogP contribution in [0.15, 0.2) is 23.1 Å². The summed E-state index contributed by atoms with van der Waals surface area (Å²) < 4.78 is 1.23. The number of nitrogens with one attached hydrogen (secondary N) is 1. The summed E-state index contributed by atoms with van der Waals surface area (Å²) in [5.41, 5.74) is -0.391. The van der Waals surface area contributed by atoms with Gasteiger partial charge in [0, 0.05) is 12.2 Å². The molecule has 0 saturated carbocycles. The molecule has 5 nitrogen and oxygen atoms in total. The quantitative estimate of drug-likeness (QED) is 0.829. The fraction of sp³-hybridized carbons (Fsp3) is 0.417. The normalized spacial score (nSPS) is 11.6. The van der Waals surface area contributed by atoms with E-state index in [1.165, 1.54) is 16.8 Å². The SMILES string of the molecule is CCC(C)NC(=O)Cn1cccc(C#N)c1=O. The largest absolute Gasteiger partial charge is 0.352 e. The molecule has 0 aliphatic heterocycles. The van der Waals surface area contributed by atoms with Crippen LogP contribution in [0.4, 0.5) is 0 Å². The molecule has 0 radical (unpaired) electrons. The molecular weight excluding hydrogens is 218 g/mol. The first-order valence-electron chi connectivity index (χ1n) is 5.47. The van der Waals surface area contributed by atoms with E-state index >= 15 is 0 Å². The van der Waals surface area contributed by atoms with E-state index in [1.54, 1.807) is 12.1 Å². The van der Waals surface area contributed by atoms with Crippen molar-refractivity contribution >= 4 is 5.91 Å². The van der Waals surface area contributed by atoms with Crippen LogP contribution >= 0.6 is 0 Å². The summed E-state index contributed by atoms with van der Waals surface area (Å²) in [5.74, 6) is -0.225. The van der Waals surface area contributed by atoms with Crippen molar-refractivity contribution in [2.75, 3.05) is 0 Å². The van der Waals surface area contributed by atoms with Crippen LogP contribution in [-0.2, 0) is 11.3 Å². The molecule has 1 atom stereocenters. The summed E-state index contributed by atoms with van der Waals surface area (Å²) in [6.45, 7) is 3.80. The number of aromatic nitrogens is 1. The number of nitrogens with zero attached hydrogens (tertiary/aromatic N) is 2. The Labute approximate surface area is 99.7 Å². The first kappa shape index (κ1) is 13.0. The highest BCUT2D eigenvalue weighted by atomic mass is 16.2. The van der Waals surface area contributed by atoms with E-state index in [1.807, 2.05) is 13.8 Å². The lowest BCUT2D eigenvalue weighted by molar-refractivity contribution is -0.122. The van der Waals surface area contributed by atoms with Gasteiger partial charge in [0.2, 0.25) is 5.91 Å².